The molecule has 0 saturated carbocycles. The average Bonchev–Trinajstić information content (AvgIpc) is 3.34. The van der Waals surface area contributed by atoms with Crippen molar-refractivity contribution in [3.8, 4) is 45.3 Å². The minimum atomic E-state index is -0.741. The highest BCUT2D eigenvalue weighted by molar-refractivity contribution is 6.09. The minimum Gasteiger partial charge on any atom is -0.496 e. The molecule has 2 N–H and O–H groups in total. The fraction of sp³-hybridized carbons (Fsp3) is 0.308. The first-order chi connectivity index (χ1) is 17.9. The second kappa shape index (κ2) is 12.2. The van der Waals surface area contributed by atoms with Gasteiger partial charge in [0.05, 0.1) is 42.2 Å². The molecule has 0 aliphatic rings. The second-order valence-corrected chi connectivity index (χ2v) is 7.55. The van der Waals surface area contributed by atoms with Crippen molar-refractivity contribution in [2.24, 2.45) is 0 Å². The Hall–Kier alpha value is -4.22. The molecule has 198 valence electrons. The second-order valence-electron chi connectivity index (χ2n) is 7.55. The number of aromatic amines is 1. The van der Waals surface area contributed by atoms with Crippen LogP contribution in [0.4, 0.5) is 0 Å². The van der Waals surface area contributed by atoms with Gasteiger partial charge < -0.3 is 43.2 Å². The largest absolute Gasteiger partial charge is 0.496 e. The van der Waals surface area contributed by atoms with Crippen molar-refractivity contribution in [2.45, 2.75) is 6.61 Å². The molecule has 0 aliphatic heterocycles. The zero-order valence-corrected chi connectivity index (χ0v) is 21.4. The number of benzene rings is 2. The van der Waals surface area contributed by atoms with Crippen LogP contribution in [-0.4, -0.2) is 71.5 Å². The molecule has 1 aromatic heterocycles. The van der Waals surface area contributed by atoms with Crippen LogP contribution in [0.25, 0.3) is 22.3 Å². The molecule has 0 fully saturated rings. The summed E-state index contributed by atoms with van der Waals surface area (Å²) in [5.74, 6) is -0.0316. The first-order valence-corrected chi connectivity index (χ1v) is 11.0. The number of aromatic nitrogens is 1. The van der Waals surface area contributed by atoms with Crippen molar-refractivity contribution >= 4 is 11.9 Å². The Kier molecular flexibility index (Phi) is 8.99. The monoisotopic (exact) mass is 515 g/mol. The maximum absolute atomic E-state index is 13.0. The molecule has 0 aliphatic carbocycles. The molecule has 0 amide bonds. The van der Waals surface area contributed by atoms with Crippen LogP contribution in [-0.2, 0) is 20.8 Å². The lowest BCUT2D eigenvalue weighted by Crippen LogP contribution is -2.06. The van der Waals surface area contributed by atoms with E-state index in [2.05, 4.69) is 4.98 Å². The summed E-state index contributed by atoms with van der Waals surface area (Å²) in [6.07, 6.45) is 0. The SMILES string of the molecule is COCOc1cc(OC)c(OC)cc1-c1c(C(=O)OC)[nH]c(C(=O)OC)c1-c1ccc(OC)c(CO)c1. The first kappa shape index (κ1) is 27.4. The number of aliphatic hydroxyl groups is 1. The van der Waals surface area contributed by atoms with Crippen LogP contribution in [0, 0.1) is 0 Å². The zero-order valence-electron chi connectivity index (χ0n) is 21.4. The minimum absolute atomic E-state index is 0.0144. The Bertz CT molecular complexity index is 1280. The molecule has 0 radical (unpaired) electrons. The number of H-pyrrole nitrogens is 1. The maximum atomic E-state index is 13.0. The highest BCUT2D eigenvalue weighted by atomic mass is 16.7. The highest BCUT2D eigenvalue weighted by Gasteiger charge is 2.31. The van der Waals surface area contributed by atoms with Gasteiger partial charge in [0, 0.05) is 35.4 Å². The average molecular weight is 516 g/mol. The van der Waals surface area contributed by atoms with Gasteiger partial charge in [-0.25, -0.2) is 9.59 Å². The molecule has 0 bridgehead atoms. The summed E-state index contributed by atoms with van der Waals surface area (Å²) in [6, 6.07) is 8.17. The van der Waals surface area contributed by atoms with Gasteiger partial charge in [0.25, 0.3) is 0 Å². The van der Waals surface area contributed by atoms with Gasteiger partial charge >= 0.3 is 11.9 Å². The van der Waals surface area contributed by atoms with Crippen LogP contribution in [0.3, 0.4) is 0 Å². The molecule has 1 heterocycles. The van der Waals surface area contributed by atoms with Crippen LogP contribution in [0.2, 0.25) is 0 Å². The number of carbonyl (C=O) groups excluding carboxylic acids is 2. The van der Waals surface area contributed by atoms with E-state index in [1.54, 1.807) is 30.3 Å². The molecule has 11 nitrogen and oxygen atoms in total. The van der Waals surface area contributed by atoms with Gasteiger partial charge in [0.1, 0.15) is 22.9 Å². The third kappa shape index (κ3) is 5.32. The summed E-state index contributed by atoms with van der Waals surface area (Å²) in [7, 11) is 8.33. The van der Waals surface area contributed by atoms with Gasteiger partial charge in [-0.1, -0.05) is 6.07 Å². The Morgan fingerprint density at radius 2 is 1.35 bits per heavy atom. The van der Waals surface area contributed by atoms with E-state index < -0.39 is 11.9 Å². The number of carbonyl (C=O) groups is 2. The topological polar surface area (TPSA) is 135 Å². The third-order valence-corrected chi connectivity index (χ3v) is 5.61. The normalized spacial score (nSPS) is 10.6. The van der Waals surface area contributed by atoms with E-state index in [1.165, 1.54) is 42.7 Å². The van der Waals surface area contributed by atoms with E-state index in [0.29, 0.717) is 39.5 Å². The number of hydrogen-bond donors (Lipinski definition) is 2. The predicted octanol–water partition coefficient (Wildman–Crippen LogP) is 3.42. The number of ether oxygens (including phenoxy) is 7. The Morgan fingerprint density at radius 1 is 0.757 bits per heavy atom. The molecule has 0 unspecified atom stereocenters. The summed E-state index contributed by atoms with van der Waals surface area (Å²) in [5.41, 5.74) is 1.85. The summed E-state index contributed by atoms with van der Waals surface area (Å²) in [6.45, 7) is -0.441. The molecular formula is C26H29NO10. The Morgan fingerprint density at radius 3 is 1.89 bits per heavy atom. The van der Waals surface area contributed by atoms with Crippen molar-refractivity contribution in [3.05, 3.63) is 47.3 Å². The van der Waals surface area contributed by atoms with E-state index in [1.807, 2.05) is 0 Å². The fourth-order valence-corrected chi connectivity index (χ4v) is 3.92. The van der Waals surface area contributed by atoms with Crippen LogP contribution in [0.15, 0.2) is 30.3 Å². The molecule has 2 aromatic carbocycles. The highest BCUT2D eigenvalue weighted by Crippen LogP contribution is 2.47. The van der Waals surface area contributed by atoms with Gasteiger partial charge in [-0.05, 0) is 23.8 Å². The number of methoxy groups -OCH3 is 6. The lowest BCUT2D eigenvalue weighted by molar-refractivity contribution is 0.0513. The molecule has 3 rings (SSSR count). The van der Waals surface area contributed by atoms with Gasteiger partial charge in [-0.2, -0.15) is 0 Å². The summed E-state index contributed by atoms with van der Waals surface area (Å²) in [5, 5.41) is 9.91. The predicted molar refractivity (Wildman–Crippen MR) is 132 cm³/mol. The van der Waals surface area contributed by atoms with E-state index >= 15 is 0 Å². The van der Waals surface area contributed by atoms with Crippen molar-refractivity contribution in [1.82, 2.24) is 4.98 Å². The molecule has 37 heavy (non-hydrogen) atoms. The molecule has 0 spiro atoms. The standard InChI is InChI=1S/C26H29NO10/c1-31-13-37-18-11-20(34-4)19(33-3)10-16(18)22-21(14-7-8-17(32-2)15(9-14)12-28)23(25(29)35-5)27-24(22)26(30)36-6/h7-11,27-28H,12-13H2,1-6H3. The lowest BCUT2D eigenvalue weighted by Gasteiger charge is -2.17. The van der Waals surface area contributed by atoms with E-state index in [4.69, 9.17) is 33.2 Å². The maximum Gasteiger partial charge on any atom is 0.355 e. The summed E-state index contributed by atoms with van der Waals surface area (Å²) >= 11 is 0. The zero-order chi connectivity index (χ0) is 27.1. The van der Waals surface area contributed by atoms with E-state index in [0.717, 1.165) is 0 Å². The number of aliphatic hydroxyl groups excluding tert-OH is 1. The number of esters is 2. The van der Waals surface area contributed by atoms with Gasteiger partial charge in [0.2, 0.25) is 0 Å². The number of rotatable bonds is 11. The number of nitrogens with one attached hydrogen (secondary N) is 1. The Balaban J connectivity index is 2.50. The molecule has 0 saturated heterocycles. The van der Waals surface area contributed by atoms with Crippen molar-refractivity contribution in [1.29, 1.82) is 0 Å². The van der Waals surface area contributed by atoms with Crippen molar-refractivity contribution < 1.29 is 47.9 Å². The molecule has 0 atom stereocenters. The summed E-state index contributed by atoms with van der Waals surface area (Å²) < 4.78 is 37.2. The van der Waals surface area contributed by atoms with Crippen molar-refractivity contribution in [3.63, 3.8) is 0 Å². The lowest BCUT2D eigenvalue weighted by atomic mass is 9.92. The van der Waals surface area contributed by atoms with Gasteiger partial charge in [-0.15, -0.1) is 0 Å². The van der Waals surface area contributed by atoms with Crippen LogP contribution >= 0.6 is 0 Å². The van der Waals surface area contributed by atoms with Gasteiger partial charge in [-0.3, -0.25) is 0 Å². The molecular weight excluding hydrogens is 486 g/mol. The third-order valence-electron chi connectivity index (χ3n) is 5.61. The smallest absolute Gasteiger partial charge is 0.355 e. The van der Waals surface area contributed by atoms with Gasteiger partial charge in [0.15, 0.2) is 18.3 Å². The fourth-order valence-electron chi connectivity index (χ4n) is 3.92. The van der Waals surface area contributed by atoms with E-state index in [-0.39, 0.29) is 36.1 Å². The van der Waals surface area contributed by atoms with E-state index in [9.17, 15) is 14.7 Å². The quantitative estimate of drug-likeness (QED) is 0.289. The van der Waals surface area contributed by atoms with Crippen LogP contribution < -0.4 is 18.9 Å². The molecule has 11 heteroatoms. The van der Waals surface area contributed by atoms with Crippen LogP contribution in [0.1, 0.15) is 26.5 Å². The first-order valence-electron chi connectivity index (χ1n) is 11.0. The summed E-state index contributed by atoms with van der Waals surface area (Å²) in [4.78, 5) is 28.7. The Labute approximate surface area is 213 Å². The molecule has 3 aromatic rings. The van der Waals surface area contributed by atoms with Crippen LogP contribution in [0.5, 0.6) is 23.0 Å². The van der Waals surface area contributed by atoms with Crippen molar-refractivity contribution in [2.75, 3.05) is 49.5 Å². The number of hydrogen-bond acceptors (Lipinski definition) is 10.